The highest BCUT2D eigenvalue weighted by Gasteiger charge is 2.35. The first-order chi connectivity index (χ1) is 13.1. The fourth-order valence-electron chi connectivity index (χ4n) is 3.83. The molecule has 1 N–H and O–H groups in total. The van der Waals surface area contributed by atoms with Gasteiger partial charge in [-0.25, -0.2) is 0 Å². The number of hydrogen-bond acceptors (Lipinski definition) is 4. The van der Waals surface area contributed by atoms with E-state index in [1.807, 2.05) is 55.5 Å². The fourth-order valence-corrected chi connectivity index (χ4v) is 3.83. The maximum absolute atomic E-state index is 11.9. The Bertz CT molecular complexity index is 759. The zero-order chi connectivity index (χ0) is 19.2. The summed E-state index contributed by atoms with van der Waals surface area (Å²) >= 11 is 0. The number of aliphatic carboxylic acids is 1. The van der Waals surface area contributed by atoms with Crippen LogP contribution in [0.4, 0.5) is 0 Å². The van der Waals surface area contributed by atoms with Crippen LogP contribution in [0, 0.1) is 0 Å². The second-order valence-electron chi connectivity index (χ2n) is 6.77. The summed E-state index contributed by atoms with van der Waals surface area (Å²) in [6, 6.07) is 15.2. The third-order valence-electron chi connectivity index (χ3n) is 5.08. The van der Waals surface area contributed by atoms with Gasteiger partial charge in [-0.2, -0.15) is 0 Å². The molecule has 1 aliphatic heterocycles. The Labute approximate surface area is 160 Å². The first kappa shape index (κ1) is 19.2. The lowest BCUT2D eigenvalue weighted by atomic mass is 9.91. The molecular weight excluding hydrogens is 342 g/mol. The van der Waals surface area contributed by atoms with E-state index in [0.717, 1.165) is 42.0 Å². The van der Waals surface area contributed by atoms with E-state index in [-0.39, 0.29) is 6.04 Å². The second-order valence-corrected chi connectivity index (χ2v) is 6.77. The molecule has 1 heterocycles. The Morgan fingerprint density at radius 2 is 1.93 bits per heavy atom. The SMILES string of the molecule is CCOc1cccc(C(c2ccc(OC)cc2)N2CCCCC2C(=O)O)c1. The Kier molecular flexibility index (Phi) is 6.35. The molecule has 1 saturated heterocycles. The van der Waals surface area contributed by atoms with E-state index in [1.165, 1.54) is 0 Å². The first-order valence-electron chi connectivity index (χ1n) is 9.49. The lowest BCUT2D eigenvalue weighted by Gasteiger charge is -2.39. The molecule has 2 unspecified atom stereocenters. The fraction of sp³-hybridized carbons (Fsp3) is 0.409. The largest absolute Gasteiger partial charge is 0.497 e. The van der Waals surface area contributed by atoms with Crippen molar-refractivity contribution in [1.29, 1.82) is 0 Å². The predicted octanol–water partition coefficient (Wildman–Crippen LogP) is 4.12. The number of carbonyl (C=O) groups is 1. The minimum atomic E-state index is -0.755. The van der Waals surface area contributed by atoms with Gasteiger partial charge in [0.15, 0.2) is 0 Å². The van der Waals surface area contributed by atoms with Crippen molar-refractivity contribution in [2.24, 2.45) is 0 Å². The molecule has 144 valence electrons. The standard InChI is InChI=1S/C22H27NO4/c1-3-27-19-8-6-7-17(15-19)21(16-10-12-18(26-2)13-11-16)23-14-5-4-9-20(23)22(24)25/h6-8,10-13,15,20-21H,3-5,9,14H2,1-2H3,(H,24,25). The number of benzene rings is 2. The topological polar surface area (TPSA) is 59.0 Å². The van der Waals surface area contributed by atoms with Crippen molar-refractivity contribution in [2.45, 2.75) is 38.3 Å². The molecule has 0 radical (unpaired) electrons. The van der Waals surface area contributed by atoms with Gasteiger partial charge in [0.25, 0.3) is 0 Å². The third-order valence-corrected chi connectivity index (χ3v) is 5.08. The summed E-state index contributed by atoms with van der Waals surface area (Å²) in [4.78, 5) is 14.0. The van der Waals surface area contributed by atoms with Crippen LogP contribution in [0.5, 0.6) is 11.5 Å². The maximum Gasteiger partial charge on any atom is 0.320 e. The quantitative estimate of drug-likeness (QED) is 0.795. The molecule has 1 fully saturated rings. The minimum Gasteiger partial charge on any atom is -0.497 e. The molecule has 0 spiro atoms. The van der Waals surface area contributed by atoms with E-state index in [9.17, 15) is 9.90 Å². The van der Waals surface area contributed by atoms with Gasteiger partial charge in [0.1, 0.15) is 17.5 Å². The average Bonchev–Trinajstić information content (AvgIpc) is 2.70. The number of carboxylic acids is 1. The lowest BCUT2D eigenvalue weighted by molar-refractivity contribution is -0.145. The van der Waals surface area contributed by atoms with Gasteiger partial charge in [-0.1, -0.05) is 30.7 Å². The Hall–Kier alpha value is -2.53. The molecule has 5 nitrogen and oxygen atoms in total. The van der Waals surface area contributed by atoms with Gasteiger partial charge >= 0.3 is 5.97 Å². The van der Waals surface area contributed by atoms with Crippen molar-refractivity contribution in [3.05, 3.63) is 59.7 Å². The number of carboxylic acid groups (broad SMARTS) is 1. The van der Waals surface area contributed by atoms with E-state index in [2.05, 4.69) is 4.90 Å². The molecule has 3 rings (SSSR count). The highest BCUT2D eigenvalue weighted by molar-refractivity contribution is 5.73. The Balaban J connectivity index is 2.04. The molecule has 0 bridgehead atoms. The molecule has 27 heavy (non-hydrogen) atoms. The van der Waals surface area contributed by atoms with Gasteiger partial charge in [0.05, 0.1) is 19.8 Å². The zero-order valence-corrected chi connectivity index (χ0v) is 15.9. The van der Waals surface area contributed by atoms with Crippen LogP contribution in [0.1, 0.15) is 43.4 Å². The number of hydrogen-bond donors (Lipinski definition) is 1. The van der Waals surface area contributed by atoms with Gasteiger partial charge in [0, 0.05) is 0 Å². The maximum atomic E-state index is 11.9. The number of methoxy groups -OCH3 is 1. The number of ether oxygens (including phenoxy) is 2. The van der Waals surface area contributed by atoms with Crippen molar-refractivity contribution in [2.75, 3.05) is 20.3 Å². The second kappa shape index (κ2) is 8.91. The van der Waals surface area contributed by atoms with Gasteiger partial charge in [-0.3, -0.25) is 9.69 Å². The molecule has 1 aliphatic rings. The normalized spacial score (nSPS) is 18.7. The molecular formula is C22H27NO4. The monoisotopic (exact) mass is 369 g/mol. The summed E-state index contributed by atoms with van der Waals surface area (Å²) < 4.78 is 11.0. The number of nitrogens with zero attached hydrogens (tertiary/aromatic N) is 1. The summed E-state index contributed by atoms with van der Waals surface area (Å²) in [6.07, 6.45) is 2.62. The van der Waals surface area contributed by atoms with Crippen molar-refractivity contribution < 1.29 is 19.4 Å². The average molecular weight is 369 g/mol. The number of piperidine rings is 1. The highest BCUT2D eigenvalue weighted by Crippen LogP contribution is 2.36. The van der Waals surface area contributed by atoms with E-state index in [0.29, 0.717) is 13.0 Å². The van der Waals surface area contributed by atoms with Crippen LogP contribution in [0.25, 0.3) is 0 Å². The van der Waals surface area contributed by atoms with Crippen molar-refractivity contribution >= 4 is 5.97 Å². The summed E-state index contributed by atoms with van der Waals surface area (Å²) in [7, 11) is 1.64. The van der Waals surface area contributed by atoms with Crippen molar-refractivity contribution in [1.82, 2.24) is 4.90 Å². The Morgan fingerprint density at radius 3 is 2.59 bits per heavy atom. The van der Waals surface area contributed by atoms with E-state index < -0.39 is 12.0 Å². The van der Waals surface area contributed by atoms with E-state index in [4.69, 9.17) is 9.47 Å². The number of rotatable bonds is 7. The molecule has 0 amide bonds. The van der Waals surface area contributed by atoms with Crippen LogP contribution in [-0.4, -0.2) is 42.3 Å². The van der Waals surface area contributed by atoms with Gasteiger partial charge in [-0.05, 0) is 61.7 Å². The van der Waals surface area contributed by atoms with Crippen LogP contribution in [0.3, 0.4) is 0 Å². The van der Waals surface area contributed by atoms with Crippen molar-refractivity contribution in [3.63, 3.8) is 0 Å². The van der Waals surface area contributed by atoms with Crippen LogP contribution in [-0.2, 0) is 4.79 Å². The smallest absolute Gasteiger partial charge is 0.320 e. The molecule has 2 atom stereocenters. The number of likely N-dealkylation sites (tertiary alicyclic amines) is 1. The van der Waals surface area contributed by atoms with E-state index in [1.54, 1.807) is 7.11 Å². The van der Waals surface area contributed by atoms with Crippen LogP contribution in [0.15, 0.2) is 48.5 Å². The van der Waals surface area contributed by atoms with Gasteiger partial charge < -0.3 is 14.6 Å². The van der Waals surface area contributed by atoms with Gasteiger partial charge in [-0.15, -0.1) is 0 Å². The van der Waals surface area contributed by atoms with Crippen LogP contribution >= 0.6 is 0 Å². The van der Waals surface area contributed by atoms with Gasteiger partial charge in [0.2, 0.25) is 0 Å². The molecule has 5 heteroatoms. The minimum absolute atomic E-state index is 0.141. The van der Waals surface area contributed by atoms with Crippen LogP contribution in [0.2, 0.25) is 0 Å². The molecule has 2 aromatic carbocycles. The highest BCUT2D eigenvalue weighted by atomic mass is 16.5. The summed E-state index contributed by atoms with van der Waals surface area (Å²) in [5.74, 6) is 0.834. The Morgan fingerprint density at radius 1 is 1.15 bits per heavy atom. The first-order valence-corrected chi connectivity index (χ1v) is 9.49. The molecule has 2 aromatic rings. The van der Waals surface area contributed by atoms with Crippen LogP contribution < -0.4 is 9.47 Å². The lowest BCUT2D eigenvalue weighted by Crippen LogP contribution is -2.46. The zero-order valence-electron chi connectivity index (χ0n) is 15.9. The molecule has 0 aromatic heterocycles. The third kappa shape index (κ3) is 4.42. The predicted molar refractivity (Wildman–Crippen MR) is 104 cm³/mol. The molecule has 0 saturated carbocycles. The molecule has 0 aliphatic carbocycles. The van der Waals surface area contributed by atoms with Crippen molar-refractivity contribution in [3.8, 4) is 11.5 Å². The summed E-state index contributed by atoms with van der Waals surface area (Å²) in [5.41, 5.74) is 2.09. The van der Waals surface area contributed by atoms with E-state index >= 15 is 0 Å². The summed E-state index contributed by atoms with van der Waals surface area (Å²) in [6.45, 7) is 3.31. The summed E-state index contributed by atoms with van der Waals surface area (Å²) in [5, 5.41) is 9.79.